The minimum atomic E-state index is 0.647. The highest BCUT2D eigenvalue weighted by Crippen LogP contribution is 2.28. The largest absolute Gasteiger partial charge is 0.357 e. The summed E-state index contributed by atoms with van der Waals surface area (Å²) in [6.45, 7) is 14.9. The van der Waals surface area contributed by atoms with Crippen LogP contribution in [-0.4, -0.2) is 49.6 Å². The van der Waals surface area contributed by atoms with Gasteiger partial charge in [-0.25, -0.2) is 0 Å². The van der Waals surface area contributed by atoms with Crippen molar-refractivity contribution in [3.8, 4) is 0 Å². The quantitative estimate of drug-likeness (QED) is 0.431. The second-order valence-corrected chi connectivity index (χ2v) is 7.64. The lowest BCUT2D eigenvalue weighted by molar-refractivity contribution is 0.139. The van der Waals surface area contributed by atoms with Crippen LogP contribution in [0, 0.1) is 17.8 Å². The van der Waals surface area contributed by atoms with Crippen LogP contribution in [0.4, 0.5) is 0 Å². The number of hydrogen-bond acceptors (Lipinski definition) is 2. The number of hydrogen-bond donors (Lipinski definition) is 2. The van der Waals surface area contributed by atoms with Crippen molar-refractivity contribution in [2.45, 2.75) is 59.4 Å². The number of rotatable bonds is 7. The average molecular weight is 309 g/mol. The zero-order valence-electron chi connectivity index (χ0n) is 15.1. The Labute approximate surface area is 137 Å². The standard InChI is InChI=1S/C18H36N4/c1-5-19-18(21-17-11-16(17)4)20-8-6-7-9-22-12-14(2)10-15(3)13-22/h14-17H,5-13H2,1-4H3,(H2,19,20,21). The maximum atomic E-state index is 4.72. The molecule has 1 saturated carbocycles. The predicted octanol–water partition coefficient (Wildman–Crippen LogP) is 2.71. The van der Waals surface area contributed by atoms with Crippen molar-refractivity contribution in [3.05, 3.63) is 0 Å². The van der Waals surface area contributed by atoms with E-state index in [2.05, 4.69) is 43.2 Å². The van der Waals surface area contributed by atoms with Crippen LogP contribution in [-0.2, 0) is 0 Å². The summed E-state index contributed by atoms with van der Waals surface area (Å²) in [4.78, 5) is 7.37. The summed E-state index contributed by atoms with van der Waals surface area (Å²) in [5.41, 5.74) is 0. The Morgan fingerprint density at radius 1 is 1.09 bits per heavy atom. The first-order chi connectivity index (χ1) is 10.6. The van der Waals surface area contributed by atoms with Crippen LogP contribution >= 0.6 is 0 Å². The first kappa shape index (κ1) is 17.6. The fourth-order valence-electron chi connectivity index (χ4n) is 3.63. The van der Waals surface area contributed by atoms with Gasteiger partial charge in [0.15, 0.2) is 5.96 Å². The molecule has 4 nitrogen and oxygen atoms in total. The van der Waals surface area contributed by atoms with Crippen LogP contribution in [0.2, 0.25) is 0 Å². The van der Waals surface area contributed by atoms with Gasteiger partial charge in [0, 0.05) is 32.2 Å². The van der Waals surface area contributed by atoms with Crippen molar-refractivity contribution in [1.82, 2.24) is 15.5 Å². The van der Waals surface area contributed by atoms with Crippen LogP contribution in [0.25, 0.3) is 0 Å². The minimum Gasteiger partial charge on any atom is -0.357 e. The summed E-state index contributed by atoms with van der Waals surface area (Å²) in [5.74, 6) is 3.56. The van der Waals surface area contributed by atoms with Gasteiger partial charge in [0.2, 0.25) is 0 Å². The zero-order valence-corrected chi connectivity index (χ0v) is 15.1. The molecule has 4 unspecified atom stereocenters. The maximum Gasteiger partial charge on any atom is 0.191 e. The number of aliphatic imine (C=N–C) groups is 1. The van der Waals surface area contributed by atoms with E-state index in [-0.39, 0.29) is 0 Å². The Bertz CT molecular complexity index is 345. The topological polar surface area (TPSA) is 39.7 Å². The molecule has 2 aliphatic rings. The maximum absolute atomic E-state index is 4.72. The molecular formula is C18H36N4. The Morgan fingerprint density at radius 2 is 1.77 bits per heavy atom. The van der Waals surface area contributed by atoms with E-state index in [1.54, 1.807) is 0 Å². The summed E-state index contributed by atoms with van der Waals surface area (Å²) in [6, 6.07) is 0.647. The third-order valence-electron chi connectivity index (χ3n) is 4.87. The van der Waals surface area contributed by atoms with Gasteiger partial charge >= 0.3 is 0 Å². The molecule has 2 fully saturated rings. The molecule has 1 aliphatic heterocycles. The summed E-state index contributed by atoms with van der Waals surface area (Å²) in [6.07, 6.45) is 5.14. The van der Waals surface area contributed by atoms with Gasteiger partial charge in [0.1, 0.15) is 0 Å². The molecule has 0 bridgehead atoms. The highest BCUT2D eigenvalue weighted by atomic mass is 15.2. The van der Waals surface area contributed by atoms with Crippen LogP contribution in [0.15, 0.2) is 4.99 Å². The van der Waals surface area contributed by atoms with Crippen molar-refractivity contribution in [2.24, 2.45) is 22.7 Å². The van der Waals surface area contributed by atoms with Crippen molar-refractivity contribution in [3.63, 3.8) is 0 Å². The van der Waals surface area contributed by atoms with Crippen molar-refractivity contribution < 1.29 is 0 Å². The average Bonchev–Trinajstić information content (AvgIpc) is 3.12. The molecule has 128 valence electrons. The molecule has 1 saturated heterocycles. The van der Waals surface area contributed by atoms with Gasteiger partial charge in [-0.2, -0.15) is 0 Å². The third-order valence-corrected chi connectivity index (χ3v) is 4.87. The molecule has 0 radical (unpaired) electrons. The second kappa shape index (κ2) is 8.76. The van der Waals surface area contributed by atoms with Gasteiger partial charge < -0.3 is 15.5 Å². The van der Waals surface area contributed by atoms with E-state index in [0.717, 1.165) is 36.8 Å². The van der Waals surface area contributed by atoms with Crippen LogP contribution in [0.1, 0.15) is 53.4 Å². The van der Waals surface area contributed by atoms with E-state index in [9.17, 15) is 0 Å². The first-order valence-corrected chi connectivity index (χ1v) is 9.35. The Balaban J connectivity index is 1.61. The van der Waals surface area contributed by atoms with Gasteiger partial charge in [-0.3, -0.25) is 4.99 Å². The summed E-state index contributed by atoms with van der Waals surface area (Å²) in [7, 11) is 0. The minimum absolute atomic E-state index is 0.647. The van der Waals surface area contributed by atoms with E-state index >= 15 is 0 Å². The number of likely N-dealkylation sites (tertiary alicyclic amines) is 1. The molecular weight excluding hydrogens is 272 g/mol. The highest BCUT2D eigenvalue weighted by molar-refractivity contribution is 5.80. The van der Waals surface area contributed by atoms with Crippen LogP contribution in [0.3, 0.4) is 0 Å². The Hall–Kier alpha value is -0.770. The Kier molecular flexibility index (Phi) is 7.00. The lowest BCUT2D eigenvalue weighted by Crippen LogP contribution is -2.39. The predicted molar refractivity (Wildman–Crippen MR) is 95.3 cm³/mol. The fourth-order valence-corrected chi connectivity index (χ4v) is 3.63. The van der Waals surface area contributed by atoms with Gasteiger partial charge in [0.25, 0.3) is 0 Å². The molecule has 22 heavy (non-hydrogen) atoms. The summed E-state index contributed by atoms with van der Waals surface area (Å²) >= 11 is 0. The molecule has 0 aromatic rings. The first-order valence-electron chi connectivity index (χ1n) is 9.35. The molecule has 0 spiro atoms. The van der Waals surface area contributed by atoms with E-state index in [1.807, 2.05) is 0 Å². The molecule has 4 heteroatoms. The van der Waals surface area contributed by atoms with Gasteiger partial charge in [0.05, 0.1) is 0 Å². The monoisotopic (exact) mass is 308 g/mol. The fraction of sp³-hybridized carbons (Fsp3) is 0.944. The van der Waals surface area contributed by atoms with E-state index in [1.165, 1.54) is 45.3 Å². The van der Waals surface area contributed by atoms with Crippen molar-refractivity contribution >= 4 is 5.96 Å². The molecule has 2 N–H and O–H groups in total. The lowest BCUT2D eigenvalue weighted by Gasteiger charge is -2.34. The normalized spacial score (nSPS) is 32.8. The number of nitrogens with one attached hydrogen (secondary N) is 2. The zero-order chi connectivity index (χ0) is 15.9. The van der Waals surface area contributed by atoms with E-state index in [4.69, 9.17) is 4.99 Å². The molecule has 1 heterocycles. The summed E-state index contributed by atoms with van der Waals surface area (Å²) in [5, 5.41) is 6.88. The van der Waals surface area contributed by atoms with Crippen LogP contribution in [0.5, 0.6) is 0 Å². The van der Waals surface area contributed by atoms with Crippen molar-refractivity contribution in [1.29, 1.82) is 0 Å². The SMILES string of the molecule is CCNC(=NCCCCN1CC(C)CC(C)C1)NC1CC1C. The third kappa shape index (κ3) is 6.15. The second-order valence-electron chi connectivity index (χ2n) is 7.64. The van der Waals surface area contributed by atoms with Gasteiger partial charge in [-0.15, -0.1) is 0 Å². The molecule has 2 rings (SSSR count). The van der Waals surface area contributed by atoms with Gasteiger partial charge in [-0.1, -0.05) is 20.8 Å². The van der Waals surface area contributed by atoms with Crippen LogP contribution < -0.4 is 10.6 Å². The number of nitrogens with zero attached hydrogens (tertiary/aromatic N) is 2. The molecule has 0 aromatic carbocycles. The van der Waals surface area contributed by atoms with E-state index < -0.39 is 0 Å². The lowest BCUT2D eigenvalue weighted by atomic mass is 9.92. The smallest absolute Gasteiger partial charge is 0.191 e. The van der Waals surface area contributed by atoms with Crippen molar-refractivity contribution in [2.75, 3.05) is 32.7 Å². The molecule has 4 atom stereocenters. The highest BCUT2D eigenvalue weighted by Gasteiger charge is 2.33. The summed E-state index contributed by atoms with van der Waals surface area (Å²) < 4.78 is 0. The number of unbranched alkanes of at least 4 members (excludes halogenated alkanes) is 1. The molecule has 1 aliphatic carbocycles. The molecule has 0 amide bonds. The Morgan fingerprint density at radius 3 is 2.36 bits per heavy atom. The number of piperidine rings is 1. The molecule has 0 aromatic heterocycles. The number of guanidine groups is 1. The van der Waals surface area contributed by atoms with E-state index in [0.29, 0.717) is 6.04 Å². The van der Waals surface area contributed by atoms with Gasteiger partial charge in [-0.05, 0) is 56.9 Å².